The van der Waals surface area contributed by atoms with Crippen LogP contribution < -0.4 is 9.47 Å². The number of ether oxygens (including phenoxy) is 2. The Hall–Kier alpha value is -2.24. The number of amides is 1. The lowest BCUT2D eigenvalue weighted by Crippen LogP contribution is -2.30. The van der Waals surface area contributed by atoms with E-state index in [2.05, 4.69) is 0 Å². The quantitative estimate of drug-likeness (QED) is 0.897. The second-order valence-corrected chi connectivity index (χ2v) is 6.26. The molecule has 1 heterocycles. The molecule has 6 nitrogen and oxygen atoms in total. The maximum atomic E-state index is 12.8. The predicted molar refractivity (Wildman–Crippen MR) is 82.8 cm³/mol. The molecule has 1 amide bonds. The number of aliphatic carboxylic acids is 1. The van der Waals surface area contributed by atoms with Gasteiger partial charge in [0.15, 0.2) is 0 Å². The van der Waals surface area contributed by atoms with Gasteiger partial charge in [-0.2, -0.15) is 0 Å². The molecular formula is C17H21NO5. The average molecular weight is 319 g/mol. The molecule has 1 aromatic rings. The van der Waals surface area contributed by atoms with E-state index in [9.17, 15) is 14.7 Å². The number of hydrogen-bond acceptors (Lipinski definition) is 4. The first kappa shape index (κ1) is 15.6. The van der Waals surface area contributed by atoms with Crippen LogP contribution in [0.2, 0.25) is 0 Å². The van der Waals surface area contributed by atoms with Crippen LogP contribution in [-0.4, -0.2) is 49.2 Å². The summed E-state index contributed by atoms with van der Waals surface area (Å²) in [5.41, 5.74) is 0.460. The number of methoxy groups -OCH3 is 2. The van der Waals surface area contributed by atoms with Crippen LogP contribution in [0.25, 0.3) is 0 Å². The molecule has 1 aliphatic carbocycles. The third-order valence-electron chi connectivity index (χ3n) is 4.80. The Morgan fingerprint density at radius 2 is 1.70 bits per heavy atom. The third-order valence-corrected chi connectivity index (χ3v) is 4.80. The predicted octanol–water partition coefficient (Wildman–Crippen LogP) is 1.89. The highest BCUT2D eigenvalue weighted by atomic mass is 16.5. The molecule has 2 fully saturated rings. The number of carboxylic acid groups (broad SMARTS) is 1. The zero-order valence-corrected chi connectivity index (χ0v) is 13.3. The van der Waals surface area contributed by atoms with Crippen molar-refractivity contribution < 1.29 is 24.2 Å². The molecule has 6 heteroatoms. The van der Waals surface area contributed by atoms with Crippen LogP contribution in [0.3, 0.4) is 0 Å². The number of hydrogen-bond donors (Lipinski definition) is 1. The molecule has 124 valence electrons. The molecule has 1 N–H and O–H groups in total. The highest BCUT2D eigenvalue weighted by Gasteiger charge is 2.46. The van der Waals surface area contributed by atoms with Crippen LogP contribution in [-0.2, 0) is 4.79 Å². The summed E-state index contributed by atoms with van der Waals surface area (Å²) in [5.74, 6) is 0.175. The van der Waals surface area contributed by atoms with E-state index in [-0.39, 0.29) is 18.4 Å². The number of rotatable bonds is 5. The summed E-state index contributed by atoms with van der Waals surface area (Å²) in [6, 6.07) is 5.02. The molecule has 0 radical (unpaired) electrons. The largest absolute Gasteiger partial charge is 0.497 e. The van der Waals surface area contributed by atoms with Gasteiger partial charge in [0.2, 0.25) is 0 Å². The van der Waals surface area contributed by atoms with E-state index in [0.717, 1.165) is 12.8 Å². The van der Waals surface area contributed by atoms with Gasteiger partial charge in [-0.1, -0.05) is 0 Å². The summed E-state index contributed by atoms with van der Waals surface area (Å²) in [4.78, 5) is 25.9. The van der Waals surface area contributed by atoms with E-state index in [1.165, 1.54) is 14.2 Å². The zero-order chi connectivity index (χ0) is 16.6. The van der Waals surface area contributed by atoms with Gasteiger partial charge in [-0.05, 0) is 36.8 Å². The van der Waals surface area contributed by atoms with Gasteiger partial charge < -0.3 is 19.5 Å². The average Bonchev–Trinajstić information content (AvgIpc) is 3.31. The molecule has 0 unspecified atom stereocenters. The Kier molecular flexibility index (Phi) is 4.15. The molecule has 23 heavy (non-hydrogen) atoms. The molecule has 2 atom stereocenters. The smallest absolute Gasteiger partial charge is 0.308 e. The van der Waals surface area contributed by atoms with E-state index >= 15 is 0 Å². The highest BCUT2D eigenvalue weighted by molar-refractivity contribution is 5.95. The van der Waals surface area contributed by atoms with E-state index in [4.69, 9.17) is 9.47 Å². The number of carbonyl (C=O) groups is 2. The summed E-state index contributed by atoms with van der Waals surface area (Å²) in [5, 5.41) is 9.42. The molecule has 1 aromatic carbocycles. The Bertz CT molecular complexity index is 603. The van der Waals surface area contributed by atoms with Crippen LogP contribution in [0.5, 0.6) is 11.5 Å². The molecule has 0 aromatic heterocycles. The van der Waals surface area contributed by atoms with Crippen LogP contribution in [0.15, 0.2) is 18.2 Å². The number of likely N-dealkylation sites (tertiary alicyclic amines) is 1. The minimum Gasteiger partial charge on any atom is -0.497 e. The molecular weight excluding hydrogens is 298 g/mol. The molecule has 0 spiro atoms. The molecule has 1 aliphatic heterocycles. The second-order valence-electron chi connectivity index (χ2n) is 6.26. The van der Waals surface area contributed by atoms with E-state index < -0.39 is 11.9 Å². The van der Waals surface area contributed by atoms with Crippen molar-refractivity contribution in [3.8, 4) is 11.5 Å². The number of carboxylic acids is 1. The Labute approximate surface area is 135 Å². The fraction of sp³-hybridized carbons (Fsp3) is 0.529. The van der Waals surface area contributed by atoms with Gasteiger partial charge in [0.25, 0.3) is 5.91 Å². The Balaban J connectivity index is 1.81. The third kappa shape index (κ3) is 3.11. The van der Waals surface area contributed by atoms with Gasteiger partial charge in [-0.25, -0.2) is 0 Å². The summed E-state index contributed by atoms with van der Waals surface area (Å²) in [6.45, 7) is 0.787. The van der Waals surface area contributed by atoms with Crippen LogP contribution in [0.1, 0.15) is 23.2 Å². The van der Waals surface area contributed by atoms with Gasteiger partial charge in [-0.15, -0.1) is 0 Å². The molecule has 3 rings (SSSR count). The van der Waals surface area contributed by atoms with Gasteiger partial charge in [0.05, 0.1) is 20.1 Å². The van der Waals surface area contributed by atoms with Crippen LogP contribution in [0.4, 0.5) is 0 Å². The lowest BCUT2D eigenvalue weighted by atomic mass is 9.92. The van der Waals surface area contributed by atoms with Crippen molar-refractivity contribution in [2.24, 2.45) is 17.8 Å². The topological polar surface area (TPSA) is 76.1 Å². The lowest BCUT2D eigenvalue weighted by Gasteiger charge is -2.17. The summed E-state index contributed by atoms with van der Waals surface area (Å²) < 4.78 is 10.4. The molecule has 2 aliphatic rings. The van der Waals surface area contributed by atoms with Crippen molar-refractivity contribution in [2.75, 3.05) is 27.3 Å². The van der Waals surface area contributed by atoms with Crippen molar-refractivity contribution >= 4 is 11.9 Å². The Morgan fingerprint density at radius 3 is 2.17 bits per heavy atom. The van der Waals surface area contributed by atoms with Crippen LogP contribution >= 0.6 is 0 Å². The number of benzene rings is 1. The first-order chi connectivity index (χ1) is 11.0. The van der Waals surface area contributed by atoms with Crippen molar-refractivity contribution in [1.82, 2.24) is 4.90 Å². The maximum absolute atomic E-state index is 12.8. The zero-order valence-electron chi connectivity index (χ0n) is 13.3. The van der Waals surface area contributed by atoms with E-state index in [1.54, 1.807) is 23.1 Å². The summed E-state index contributed by atoms with van der Waals surface area (Å²) in [6.07, 6.45) is 2.15. The summed E-state index contributed by atoms with van der Waals surface area (Å²) in [7, 11) is 3.06. The SMILES string of the molecule is COc1cc(OC)cc(C(=O)N2C[C@H](C(=O)O)[C@@H](C3CC3)C2)c1. The van der Waals surface area contributed by atoms with Crippen LogP contribution in [0, 0.1) is 17.8 Å². The Morgan fingerprint density at radius 1 is 1.09 bits per heavy atom. The van der Waals surface area contributed by atoms with Gasteiger partial charge in [-0.3, -0.25) is 9.59 Å². The number of nitrogens with zero attached hydrogens (tertiary/aromatic N) is 1. The maximum Gasteiger partial charge on any atom is 0.308 e. The summed E-state index contributed by atoms with van der Waals surface area (Å²) >= 11 is 0. The normalized spacial score (nSPS) is 23.7. The first-order valence-electron chi connectivity index (χ1n) is 7.78. The minimum atomic E-state index is -0.805. The van der Waals surface area contributed by atoms with Crippen molar-refractivity contribution in [3.05, 3.63) is 23.8 Å². The van der Waals surface area contributed by atoms with Gasteiger partial charge in [0, 0.05) is 24.7 Å². The highest BCUT2D eigenvalue weighted by Crippen LogP contribution is 2.44. The molecule has 1 saturated heterocycles. The number of carbonyl (C=O) groups excluding carboxylic acids is 1. The van der Waals surface area contributed by atoms with Crippen molar-refractivity contribution in [1.29, 1.82) is 0 Å². The van der Waals surface area contributed by atoms with Crippen molar-refractivity contribution in [3.63, 3.8) is 0 Å². The standard InChI is InChI=1S/C17H21NO5/c1-22-12-5-11(6-13(7-12)23-2)16(19)18-8-14(10-3-4-10)15(9-18)17(20)21/h5-7,10,14-15H,3-4,8-9H2,1-2H3,(H,20,21)/t14-,15+/m1/s1. The van der Waals surface area contributed by atoms with Crippen molar-refractivity contribution in [2.45, 2.75) is 12.8 Å². The molecule has 1 saturated carbocycles. The minimum absolute atomic E-state index is 0.0731. The fourth-order valence-electron chi connectivity index (χ4n) is 3.37. The van der Waals surface area contributed by atoms with E-state index in [1.807, 2.05) is 0 Å². The fourth-order valence-corrected chi connectivity index (χ4v) is 3.37. The monoisotopic (exact) mass is 319 g/mol. The molecule has 0 bridgehead atoms. The second kappa shape index (κ2) is 6.10. The lowest BCUT2D eigenvalue weighted by molar-refractivity contribution is -0.142. The van der Waals surface area contributed by atoms with E-state index in [0.29, 0.717) is 29.5 Å². The van der Waals surface area contributed by atoms with Gasteiger partial charge >= 0.3 is 5.97 Å². The first-order valence-corrected chi connectivity index (χ1v) is 7.78. The van der Waals surface area contributed by atoms with Gasteiger partial charge in [0.1, 0.15) is 11.5 Å².